The molecule has 1 aromatic rings. The van der Waals surface area contributed by atoms with Crippen molar-refractivity contribution in [3.05, 3.63) is 24.3 Å². The summed E-state index contributed by atoms with van der Waals surface area (Å²) in [5.74, 6) is 0.230. The van der Waals surface area contributed by atoms with Gasteiger partial charge in [0.05, 0.1) is 17.9 Å². The highest BCUT2D eigenvalue weighted by Gasteiger charge is 2.23. The Bertz CT molecular complexity index is 537. The Labute approximate surface area is 146 Å². The average Bonchev–Trinajstić information content (AvgIpc) is 2.89. The molecule has 1 atom stereocenters. The molecule has 2 heterocycles. The van der Waals surface area contributed by atoms with Crippen LogP contribution >= 0.6 is 0 Å². The molecule has 2 saturated heterocycles. The summed E-state index contributed by atoms with van der Waals surface area (Å²) >= 11 is 0. The molecular formula is C20H31N3O. The number of amides is 1. The smallest absolute Gasteiger partial charge is 0.242 e. The second-order valence-electron chi connectivity index (χ2n) is 7.20. The molecule has 3 rings (SSSR count). The van der Waals surface area contributed by atoms with E-state index in [0.29, 0.717) is 12.6 Å². The van der Waals surface area contributed by atoms with Gasteiger partial charge in [-0.2, -0.15) is 0 Å². The van der Waals surface area contributed by atoms with Crippen LogP contribution < -0.4 is 10.2 Å². The SMILES string of the molecule is CC1CCCCN1C(=O)CNc1ccccc1N1CCCCCC1. The van der Waals surface area contributed by atoms with Crippen LogP contribution in [0, 0.1) is 0 Å². The normalized spacial score (nSPS) is 22.1. The molecule has 1 amide bonds. The highest BCUT2D eigenvalue weighted by Crippen LogP contribution is 2.28. The zero-order valence-corrected chi connectivity index (χ0v) is 15.0. The minimum Gasteiger partial charge on any atom is -0.374 e. The van der Waals surface area contributed by atoms with E-state index in [-0.39, 0.29) is 5.91 Å². The van der Waals surface area contributed by atoms with Gasteiger partial charge in [-0.15, -0.1) is 0 Å². The molecule has 132 valence electrons. The van der Waals surface area contributed by atoms with E-state index in [2.05, 4.69) is 41.4 Å². The predicted molar refractivity (Wildman–Crippen MR) is 101 cm³/mol. The number of hydrogen-bond acceptors (Lipinski definition) is 3. The van der Waals surface area contributed by atoms with Gasteiger partial charge in [-0.1, -0.05) is 25.0 Å². The molecule has 2 aliphatic rings. The van der Waals surface area contributed by atoms with E-state index >= 15 is 0 Å². The highest BCUT2D eigenvalue weighted by atomic mass is 16.2. The molecule has 2 fully saturated rings. The number of rotatable bonds is 4. The molecule has 0 aromatic heterocycles. The third-order valence-electron chi connectivity index (χ3n) is 5.40. The number of likely N-dealkylation sites (tertiary alicyclic amines) is 1. The van der Waals surface area contributed by atoms with Crippen molar-refractivity contribution in [2.24, 2.45) is 0 Å². The van der Waals surface area contributed by atoms with Crippen molar-refractivity contribution in [2.45, 2.75) is 57.9 Å². The van der Waals surface area contributed by atoms with Crippen LogP contribution in [0.25, 0.3) is 0 Å². The summed E-state index contributed by atoms with van der Waals surface area (Å²) in [7, 11) is 0. The first-order valence-corrected chi connectivity index (χ1v) is 9.63. The number of nitrogens with one attached hydrogen (secondary N) is 1. The van der Waals surface area contributed by atoms with E-state index in [0.717, 1.165) is 38.2 Å². The molecule has 4 heteroatoms. The summed E-state index contributed by atoms with van der Waals surface area (Å²) < 4.78 is 0. The number of hydrogen-bond donors (Lipinski definition) is 1. The summed E-state index contributed by atoms with van der Waals surface area (Å²) in [6.07, 6.45) is 8.71. The van der Waals surface area contributed by atoms with Gasteiger partial charge in [-0.05, 0) is 51.2 Å². The Morgan fingerprint density at radius 1 is 1.04 bits per heavy atom. The van der Waals surface area contributed by atoms with Crippen LogP contribution in [0.1, 0.15) is 51.9 Å². The predicted octanol–water partition coefficient (Wildman–Crippen LogP) is 3.88. The van der Waals surface area contributed by atoms with Crippen molar-refractivity contribution in [1.82, 2.24) is 4.90 Å². The maximum absolute atomic E-state index is 12.6. The lowest BCUT2D eigenvalue weighted by molar-refractivity contribution is -0.132. The largest absolute Gasteiger partial charge is 0.374 e. The highest BCUT2D eigenvalue weighted by molar-refractivity contribution is 5.83. The van der Waals surface area contributed by atoms with Crippen LogP contribution in [-0.4, -0.2) is 43.0 Å². The van der Waals surface area contributed by atoms with E-state index < -0.39 is 0 Å². The van der Waals surface area contributed by atoms with E-state index in [9.17, 15) is 4.79 Å². The third-order valence-corrected chi connectivity index (χ3v) is 5.40. The van der Waals surface area contributed by atoms with Crippen LogP contribution in [0.3, 0.4) is 0 Å². The van der Waals surface area contributed by atoms with E-state index in [4.69, 9.17) is 0 Å². The van der Waals surface area contributed by atoms with Crippen LogP contribution in [0.4, 0.5) is 11.4 Å². The summed E-state index contributed by atoms with van der Waals surface area (Å²) in [4.78, 5) is 17.1. The molecule has 0 aliphatic carbocycles. The first-order chi connectivity index (χ1) is 11.8. The number of carbonyl (C=O) groups is 1. The maximum atomic E-state index is 12.6. The fraction of sp³-hybridized carbons (Fsp3) is 0.650. The van der Waals surface area contributed by atoms with Crippen molar-refractivity contribution in [3.8, 4) is 0 Å². The monoisotopic (exact) mass is 329 g/mol. The molecule has 0 bridgehead atoms. The number of nitrogens with zero attached hydrogens (tertiary/aromatic N) is 2. The van der Waals surface area contributed by atoms with E-state index in [1.165, 1.54) is 37.8 Å². The summed E-state index contributed by atoms with van der Waals surface area (Å²) in [6.45, 7) is 5.72. The quantitative estimate of drug-likeness (QED) is 0.910. The van der Waals surface area contributed by atoms with Crippen LogP contribution in [-0.2, 0) is 4.79 Å². The molecule has 1 unspecified atom stereocenters. The van der Waals surface area contributed by atoms with Gasteiger partial charge in [0.15, 0.2) is 0 Å². The first kappa shape index (κ1) is 17.1. The van der Waals surface area contributed by atoms with Gasteiger partial charge in [0.1, 0.15) is 0 Å². The molecular weight excluding hydrogens is 298 g/mol. The number of carbonyl (C=O) groups excluding carboxylic acids is 1. The molecule has 0 saturated carbocycles. The minimum absolute atomic E-state index is 0.230. The van der Waals surface area contributed by atoms with Crippen LogP contribution in [0.15, 0.2) is 24.3 Å². The van der Waals surface area contributed by atoms with Gasteiger partial charge >= 0.3 is 0 Å². The first-order valence-electron chi connectivity index (χ1n) is 9.63. The Morgan fingerprint density at radius 3 is 2.50 bits per heavy atom. The lowest BCUT2D eigenvalue weighted by atomic mass is 10.0. The summed E-state index contributed by atoms with van der Waals surface area (Å²) in [5, 5.41) is 3.42. The Balaban J connectivity index is 1.63. The van der Waals surface area contributed by atoms with Crippen LogP contribution in [0.2, 0.25) is 0 Å². The molecule has 1 aromatic carbocycles. The Morgan fingerprint density at radius 2 is 1.75 bits per heavy atom. The fourth-order valence-electron chi connectivity index (χ4n) is 3.95. The lowest BCUT2D eigenvalue weighted by Crippen LogP contribution is -2.44. The van der Waals surface area contributed by atoms with Gasteiger partial charge in [-0.3, -0.25) is 4.79 Å². The van der Waals surface area contributed by atoms with Crippen molar-refractivity contribution in [1.29, 1.82) is 0 Å². The number of benzene rings is 1. The fourth-order valence-corrected chi connectivity index (χ4v) is 3.95. The van der Waals surface area contributed by atoms with E-state index in [1.54, 1.807) is 0 Å². The summed E-state index contributed by atoms with van der Waals surface area (Å²) in [6, 6.07) is 8.82. The van der Waals surface area contributed by atoms with Crippen molar-refractivity contribution >= 4 is 17.3 Å². The minimum atomic E-state index is 0.230. The lowest BCUT2D eigenvalue weighted by Gasteiger charge is -2.34. The van der Waals surface area contributed by atoms with Gasteiger partial charge in [0.2, 0.25) is 5.91 Å². The van der Waals surface area contributed by atoms with Crippen LogP contribution in [0.5, 0.6) is 0 Å². The molecule has 0 radical (unpaired) electrons. The second-order valence-corrected chi connectivity index (χ2v) is 7.20. The number of piperidine rings is 1. The topological polar surface area (TPSA) is 35.6 Å². The Kier molecular flexibility index (Phi) is 6.00. The molecule has 1 N–H and O–H groups in total. The Hall–Kier alpha value is -1.71. The maximum Gasteiger partial charge on any atom is 0.242 e. The van der Waals surface area contributed by atoms with E-state index in [1.807, 2.05) is 4.90 Å². The summed E-state index contributed by atoms with van der Waals surface area (Å²) in [5.41, 5.74) is 2.34. The van der Waals surface area contributed by atoms with Gasteiger partial charge in [0, 0.05) is 25.7 Å². The number of anilines is 2. The van der Waals surface area contributed by atoms with Gasteiger partial charge in [-0.25, -0.2) is 0 Å². The molecule has 2 aliphatic heterocycles. The molecule has 0 spiro atoms. The van der Waals surface area contributed by atoms with Crippen molar-refractivity contribution in [2.75, 3.05) is 36.4 Å². The van der Waals surface area contributed by atoms with Gasteiger partial charge in [0.25, 0.3) is 0 Å². The van der Waals surface area contributed by atoms with Crippen molar-refractivity contribution in [3.63, 3.8) is 0 Å². The van der Waals surface area contributed by atoms with Crippen molar-refractivity contribution < 1.29 is 4.79 Å². The zero-order chi connectivity index (χ0) is 16.8. The molecule has 4 nitrogen and oxygen atoms in total. The second kappa shape index (κ2) is 8.41. The average molecular weight is 329 g/mol. The third kappa shape index (κ3) is 4.22. The van der Waals surface area contributed by atoms with Gasteiger partial charge < -0.3 is 15.1 Å². The standard InChI is InChI=1S/C20H31N3O/c1-17-10-6-9-15-23(17)20(24)16-21-18-11-4-5-12-19(18)22-13-7-2-3-8-14-22/h4-5,11-12,17,21H,2-3,6-10,13-16H2,1H3. The number of para-hydroxylation sites is 2. The molecule has 24 heavy (non-hydrogen) atoms. The zero-order valence-electron chi connectivity index (χ0n) is 15.0.